The second-order valence-electron chi connectivity index (χ2n) is 5.29. The first-order chi connectivity index (χ1) is 7.88. The number of nitrogens with zero attached hydrogens (tertiary/aromatic N) is 1. The summed E-state index contributed by atoms with van der Waals surface area (Å²) in [7, 11) is 0. The lowest BCUT2D eigenvalue weighted by molar-refractivity contribution is 0.00687. The van der Waals surface area contributed by atoms with Crippen LogP contribution in [0.4, 0.5) is 0 Å². The molecule has 2 N–H and O–H groups in total. The molecule has 1 saturated carbocycles. The Morgan fingerprint density at radius 1 is 1.12 bits per heavy atom. The van der Waals surface area contributed by atoms with E-state index in [-0.39, 0.29) is 0 Å². The van der Waals surface area contributed by atoms with Crippen molar-refractivity contribution in [2.45, 2.75) is 44.6 Å². The molecule has 2 aliphatic rings. The molecule has 0 atom stereocenters. The van der Waals surface area contributed by atoms with E-state index < -0.39 is 0 Å². The third kappa shape index (κ3) is 4.40. The van der Waals surface area contributed by atoms with Crippen LogP contribution in [0, 0.1) is 5.92 Å². The molecule has 94 valence electrons. The van der Waals surface area contributed by atoms with Crippen LogP contribution >= 0.6 is 0 Å². The summed E-state index contributed by atoms with van der Waals surface area (Å²) >= 11 is 0. The zero-order chi connectivity index (χ0) is 11.2. The normalized spacial score (nSPS) is 23.8. The van der Waals surface area contributed by atoms with Gasteiger partial charge in [-0.15, -0.1) is 0 Å². The molecule has 0 radical (unpaired) electrons. The Bertz CT molecular complexity index is 186. The average molecular weight is 226 g/mol. The first kappa shape index (κ1) is 12.3. The van der Waals surface area contributed by atoms with Gasteiger partial charge in [0, 0.05) is 19.7 Å². The highest BCUT2D eigenvalue weighted by Gasteiger charge is 2.24. The molecule has 2 fully saturated rings. The third-order valence-electron chi connectivity index (χ3n) is 3.79. The average Bonchev–Trinajstić information content (AvgIpc) is 3.12. The van der Waals surface area contributed by atoms with Gasteiger partial charge in [-0.05, 0) is 44.7 Å². The van der Waals surface area contributed by atoms with Gasteiger partial charge in [0.25, 0.3) is 0 Å². The zero-order valence-electron chi connectivity index (χ0n) is 10.4. The van der Waals surface area contributed by atoms with E-state index >= 15 is 0 Å². The summed E-state index contributed by atoms with van der Waals surface area (Å²) in [5.74, 6) is 1.07. The maximum absolute atomic E-state index is 5.80. The molecule has 0 unspecified atom stereocenters. The minimum atomic E-state index is 0.503. The molecule has 3 nitrogen and oxygen atoms in total. The Hall–Kier alpha value is -0.120. The van der Waals surface area contributed by atoms with Gasteiger partial charge in [0.05, 0.1) is 6.10 Å². The summed E-state index contributed by atoms with van der Waals surface area (Å²) in [6.07, 6.45) is 8.34. The van der Waals surface area contributed by atoms with Crippen molar-refractivity contribution in [3.8, 4) is 0 Å². The van der Waals surface area contributed by atoms with Gasteiger partial charge in [0.1, 0.15) is 0 Å². The van der Waals surface area contributed by atoms with Crippen LogP contribution in [0.1, 0.15) is 38.5 Å². The lowest BCUT2D eigenvalue weighted by Gasteiger charge is -2.31. The summed E-state index contributed by atoms with van der Waals surface area (Å²) in [4.78, 5) is 2.61. The lowest BCUT2D eigenvalue weighted by Crippen LogP contribution is -2.37. The second kappa shape index (κ2) is 6.58. The van der Waals surface area contributed by atoms with Crippen molar-refractivity contribution in [3.05, 3.63) is 0 Å². The molecule has 2 rings (SSSR count). The standard InChI is InChI=1S/C13H26N2O/c14-7-1-11-16-13-5-9-15(10-6-13)8-4-12-2-3-12/h12-13H,1-11,14H2. The molecule has 0 bridgehead atoms. The van der Waals surface area contributed by atoms with E-state index in [4.69, 9.17) is 10.5 Å². The second-order valence-corrected chi connectivity index (χ2v) is 5.29. The highest BCUT2D eigenvalue weighted by atomic mass is 16.5. The Morgan fingerprint density at radius 3 is 2.50 bits per heavy atom. The first-order valence-corrected chi connectivity index (χ1v) is 6.92. The van der Waals surface area contributed by atoms with Crippen molar-refractivity contribution < 1.29 is 4.74 Å². The summed E-state index contributed by atoms with van der Waals surface area (Å²) in [6.45, 7) is 5.39. The van der Waals surface area contributed by atoms with Crippen molar-refractivity contribution >= 4 is 0 Å². The number of ether oxygens (including phenoxy) is 1. The number of rotatable bonds is 7. The predicted octanol–water partition coefficient (Wildman–Crippen LogP) is 1.62. The minimum absolute atomic E-state index is 0.503. The Labute approximate surface area is 99.3 Å². The highest BCUT2D eigenvalue weighted by Crippen LogP contribution is 2.32. The van der Waals surface area contributed by atoms with Gasteiger partial charge in [0.2, 0.25) is 0 Å². The van der Waals surface area contributed by atoms with Gasteiger partial charge in [-0.1, -0.05) is 12.8 Å². The zero-order valence-corrected chi connectivity index (χ0v) is 10.4. The van der Waals surface area contributed by atoms with Gasteiger partial charge in [-0.3, -0.25) is 0 Å². The topological polar surface area (TPSA) is 38.5 Å². The van der Waals surface area contributed by atoms with E-state index in [2.05, 4.69) is 4.90 Å². The number of hydrogen-bond acceptors (Lipinski definition) is 3. The van der Waals surface area contributed by atoms with E-state index in [1.807, 2.05) is 0 Å². The third-order valence-corrected chi connectivity index (χ3v) is 3.79. The summed E-state index contributed by atoms with van der Waals surface area (Å²) in [5.41, 5.74) is 5.45. The van der Waals surface area contributed by atoms with Gasteiger partial charge in [-0.25, -0.2) is 0 Å². The fourth-order valence-electron chi connectivity index (χ4n) is 2.40. The molecule has 3 heteroatoms. The van der Waals surface area contributed by atoms with Crippen LogP contribution in [0.15, 0.2) is 0 Å². The van der Waals surface area contributed by atoms with Crippen LogP contribution in [-0.4, -0.2) is 43.8 Å². The summed E-state index contributed by atoms with van der Waals surface area (Å²) < 4.78 is 5.80. The van der Waals surface area contributed by atoms with Crippen LogP contribution in [-0.2, 0) is 4.74 Å². The molecule has 0 amide bonds. The fraction of sp³-hybridized carbons (Fsp3) is 1.00. The molecule has 16 heavy (non-hydrogen) atoms. The van der Waals surface area contributed by atoms with E-state index in [1.165, 1.54) is 51.7 Å². The van der Waals surface area contributed by atoms with Gasteiger partial charge in [0.15, 0.2) is 0 Å². The number of hydrogen-bond donors (Lipinski definition) is 1. The Morgan fingerprint density at radius 2 is 1.88 bits per heavy atom. The van der Waals surface area contributed by atoms with Crippen molar-refractivity contribution in [3.63, 3.8) is 0 Å². The largest absolute Gasteiger partial charge is 0.378 e. The van der Waals surface area contributed by atoms with Crippen molar-refractivity contribution in [2.75, 3.05) is 32.8 Å². The molecule has 0 aromatic heterocycles. The van der Waals surface area contributed by atoms with Crippen molar-refractivity contribution in [1.29, 1.82) is 0 Å². The van der Waals surface area contributed by atoms with Crippen LogP contribution in [0.25, 0.3) is 0 Å². The Kier molecular flexibility index (Phi) is 5.07. The van der Waals surface area contributed by atoms with E-state index in [0.717, 1.165) is 25.5 Å². The lowest BCUT2D eigenvalue weighted by atomic mass is 10.1. The predicted molar refractivity (Wildman–Crippen MR) is 66.4 cm³/mol. The van der Waals surface area contributed by atoms with Gasteiger partial charge in [-0.2, -0.15) is 0 Å². The fourth-order valence-corrected chi connectivity index (χ4v) is 2.40. The molecule has 1 heterocycles. The van der Waals surface area contributed by atoms with E-state index in [0.29, 0.717) is 6.10 Å². The minimum Gasteiger partial charge on any atom is -0.378 e. The van der Waals surface area contributed by atoms with Crippen LogP contribution in [0.2, 0.25) is 0 Å². The molecule has 1 saturated heterocycles. The molecular weight excluding hydrogens is 200 g/mol. The summed E-state index contributed by atoms with van der Waals surface area (Å²) in [6, 6.07) is 0. The van der Waals surface area contributed by atoms with Crippen molar-refractivity contribution in [2.24, 2.45) is 11.7 Å². The highest BCUT2D eigenvalue weighted by molar-refractivity contribution is 4.77. The molecule has 0 aromatic carbocycles. The van der Waals surface area contributed by atoms with E-state index in [9.17, 15) is 0 Å². The molecule has 0 aromatic rings. The van der Waals surface area contributed by atoms with Crippen molar-refractivity contribution in [1.82, 2.24) is 4.90 Å². The number of nitrogens with two attached hydrogens (primary N) is 1. The summed E-state index contributed by atoms with van der Waals surface area (Å²) in [5, 5.41) is 0. The monoisotopic (exact) mass is 226 g/mol. The molecule has 1 aliphatic heterocycles. The quantitative estimate of drug-likeness (QED) is 0.670. The number of piperidine rings is 1. The van der Waals surface area contributed by atoms with Gasteiger partial charge >= 0.3 is 0 Å². The SMILES string of the molecule is NCCCOC1CCN(CCC2CC2)CC1. The molecular formula is C13H26N2O. The maximum Gasteiger partial charge on any atom is 0.0599 e. The van der Waals surface area contributed by atoms with Gasteiger partial charge < -0.3 is 15.4 Å². The molecule has 1 aliphatic carbocycles. The first-order valence-electron chi connectivity index (χ1n) is 6.92. The van der Waals surface area contributed by atoms with Crippen LogP contribution in [0.3, 0.4) is 0 Å². The van der Waals surface area contributed by atoms with Crippen LogP contribution < -0.4 is 5.73 Å². The Balaban J connectivity index is 1.51. The molecule has 0 spiro atoms. The maximum atomic E-state index is 5.80. The number of likely N-dealkylation sites (tertiary alicyclic amines) is 1. The smallest absolute Gasteiger partial charge is 0.0599 e. The van der Waals surface area contributed by atoms with Crippen LogP contribution in [0.5, 0.6) is 0 Å². The van der Waals surface area contributed by atoms with E-state index in [1.54, 1.807) is 0 Å².